The number of nitrogens with one attached hydrogen (secondary N) is 2. The molecule has 0 saturated carbocycles. The number of rotatable bonds is 5. The third kappa shape index (κ3) is 5.04. The van der Waals surface area contributed by atoms with E-state index in [9.17, 15) is 0 Å². The number of thiocarbonyl (C=S) groups is 1. The first-order chi connectivity index (χ1) is 8.15. The maximum Gasteiger partial charge on any atom is 0.170 e. The molecule has 0 amide bonds. The van der Waals surface area contributed by atoms with Gasteiger partial charge < -0.3 is 15.4 Å². The maximum atomic E-state index is 5.23. The van der Waals surface area contributed by atoms with Crippen LogP contribution in [0.25, 0.3) is 0 Å². The summed E-state index contributed by atoms with van der Waals surface area (Å²) in [6.07, 6.45) is 2.27. The first-order valence-corrected chi connectivity index (χ1v) is 6.28. The van der Waals surface area contributed by atoms with E-state index in [0.29, 0.717) is 11.2 Å². The van der Waals surface area contributed by atoms with E-state index in [1.54, 1.807) is 7.11 Å². The Balaban J connectivity index is 2.44. The summed E-state index contributed by atoms with van der Waals surface area (Å²) < 4.78 is 5.09. The highest BCUT2D eigenvalue weighted by Crippen LogP contribution is 2.14. The Morgan fingerprint density at radius 3 is 2.53 bits per heavy atom. The first kappa shape index (κ1) is 13.8. The van der Waals surface area contributed by atoms with Crippen molar-refractivity contribution in [2.24, 2.45) is 0 Å². The fourth-order valence-electron chi connectivity index (χ4n) is 1.57. The summed E-state index contributed by atoms with van der Waals surface area (Å²) in [4.78, 5) is 0. The van der Waals surface area contributed by atoms with E-state index in [1.165, 1.54) is 0 Å². The van der Waals surface area contributed by atoms with Crippen LogP contribution in [-0.2, 0) is 0 Å². The van der Waals surface area contributed by atoms with Crippen LogP contribution in [0.5, 0.6) is 5.75 Å². The number of methoxy groups -OCH3 is 1. The molecule has 4 heteroatoms. The Hall–Kier alpha value is -1.29. The second kappa shape index (κ2) is 7.12. The Morgan fingerprint density at radius 2 is 2.00 bits per heavy atom. The standard InChI is InChI=1S/C13H20N2OS/c1-4-5-10(2)14-13(17)15-11-6-8-12(16-3)9-7-11/h6-10H,4-5H2,1-3H3,(H2,14,15,17). The van der Waals surface area contributed by atoms with E-state index in [-0.39, 0.29) is 0 Å². The molecule has 0 aliphatic rings. The van der Waals surface area contributed by atoms with Gasteiger partial charge in [-0.05, 0) is 49.8 Å². The van der Waals surface area contributed by atoms with Gasteiger partial charge >= 0.3 is 0 Å². The zero-order valence-corrected chi connectivity index (χ0v) is 11.4. The van der Waals surface area contributed by atoms with Gasteiger partial charge in [-0.1, -0.05) is 13.3 Å². The number of ether oxygens (including phenoxy) is 1. The van der Waals surface area contributed by atoms with Crippen LogP contribution in [0.4, 0.5) is 5.69 Å². The highest BCUT2D eigenvalue weighted by atomic mass is 32.1. The van der Waals surface area contributed by atoms with Gasteiger partial charge in [0.25, 0.3) is 0 Å². The molecule has 1 unspecified atom stereocenters. The normalized spacial score (nSPS) is 11.7. The molecule has 1 atom stereocenters. The minimum absolute atomic E-state index is 0.401. The van der Waals surface area contributed by atoms with Gasteiger partial charge in [-0.25, -0.2) is 0 Å². The molecule has 1 aromatic rings. The van der Waals surface area contributed by atoms with Crippen molar-refractivity contribution in [2.75, 3.05) is 12.4 Å². The zero-order chi connectivity index (χ0) is 12.7. The van der Waals surface area contributed by atoms with E-state index in [4.69, 9.17) is 17.0 Å². The molecule has 0 aromatic heterocycles. The predicted octanol–water partition coefficient (Wildman–Crippen LogP) is 3.17. The van der Waals surface area contributed by atoms with Crippen molar-refractivity contribution in [1.29, 1.82) is 0 Å². The summed E-state index contributed by atoms with van der Waals surface area (Å²) in [5.74, 6) is 0.841. The van der Waals surface area contributed by atoms with Gasteiger partial charge in [0.15, 0.2) is 5.11 Å². The molecule has 0 saturated heterocycles. The fourth-order valence-corrected chi connectivity index (χ4v) is 1.89. The molecule has 0 fully saturated rings. The van der Waals surface area contributed by atoms with Gasteiger partial charge in [0.2, 0.25) is 0 Å². The molecule has 0 heterocycles. The van der Waals surface area contributed by atoms with Crippen molar-refractivity contribution in [2.45, 2.75) is 32.7 Å². The van der Waals surface area contributed by atoms with Crippen molar-refractivity contribution in [3.63, 3.8) is 0 Å². The second-order valence-electron chi connectivity index (χ2n) is 4.02. The van der Waals surface area contributed by atoms with Crippen LogP contribution < -0.4 is 15.4 Å². The lowest BCUT2D eigenvalue weighted by Gasteiger charge is -2.16. The number of hydrogen-bond donors (Lipinski definition) is 2. The molecule has 1 aromatic carbocycles. The lowest BCUT2D eigenvalue weighted by Crippen LogP contribution is -2.35. The van der Waals surface area contributed by atoms with Gasteiger partial charge in [0.05, 0.1) is 7.11 Å². The van der Waals surface area contributed by atoms with Gasteiger partial charge in [0, 0.05) is 11.7 Å². The van der Waals surface area contributed by atoms with Crippen LogP contribution in [0.3, 0.4) is 0 Å². The van der Waals surface area contributed by atoms with Crippen molar-refractivity contribution < 1.29 is 4.74 Å². The second-order valence-corrected chi connectivity index (χ2v) is 4.42. The average Bonchev–Trinajstić information content (AvgIpc) is 2.30. The largest absolute Gasteiger partial charge is 0.497 e. The quantitative estimate of drug-likeness (QED) is 0.789. The monoisotopic (exact) mass is 252 g/mol. The summed E-state index contributed by atoms with van der Waals surface area (Å²) in [7, 11) is 1.65. The molecule has 0 spiro atoms. The number of benzene rings is 1. The third-order valence-corrected chi connectivity index (χ3v) is 2.67. The highest BCUT2D eigenvalue weighted by molar-refractivity contribution is 7.80. The molecule has 1 rings (SSSR count). The van der Waals surface area contributed by atoms with Crippen LogP contribution in [0.15, 0.2) is 24.3 Å². The summed E-state index contributed by atoms with van der Waals surface area (Å²) in [5, 5.41) is 7.06. The van der Waals surface area contributed by atoms with Gasteiger partial charge in [-0.2, -0.15) is 0 Å². The summed E-state index contributed by atoms with van der Waals surface area (Å²) in [5.41, 5.74) is 0.965. The average molecular weight is 252 g/mol. The first-order valence-electron chi connectivity index (χ1n) is 5.87. The summed E-state index contributed by atoms with van der Waals surface area (Å²) in [6.45, 7) is 4.30. The molecule has 0 aliphatic heterocycles. The Morgan fingerprint density at radius 1 is 1.35 bits per heavy atom. The Labute approximate surface area is 109 Å². The fraction of sp³-hybridized carbons (Fsp3) is 0.462. The molecule has 17 heavy (non-hydrogen) atoms. The zero-order valence-electron chi connectivity index (χ0n) is 10.6. The molecule has 3 nitrogen and oxygen atoms in total. The smallest absolute Gasteiger partial charge is 0.170 e. The van der Waals surface area contributed by atoms with Crippen molar-refractivity contribution in [3.8, 4) is 5.75 Å². The molecular weight excluding hydrogens is 232 g/mol. The molecule has 0 radical (unpaired) electrons. The lowest BCUT2D eigenvalue weighted by molar-refractivity contribution is 0.415. The topological polar surface area (TPSA) is 33.3 Å². The van der Waals surface area contributed by atoms with Crippen LogP contribution in [0.1, 0.15) is 26.7 Å². The highest BCUT2D eigenvalue weighted by Gasteiger charge is 2.03. The third-order valence-electron chi connectivity index (χ3n) is 2.45. The Kier molecular flexibility index (Phi) is 5.77. The van der Waals surface area contributed by atoms with E-state index in [2.05, 4.69) is 24.5 Å². The van der Waals surface area contributed by atoms with Gasteiger partial charge in [0.1, 0.15) is 5.75 Å². The number of anilines is 1. The van der Waals surface area contributed by atoms with Crippen LogP contribution in [0.2, 0.25) is 0 Å². The Bertz CT molecular complexity index is 351. The molecular formula is C13H20N2OS. The van der Waals surface area contributed by atoms with E-state index >= 15 is 0 Å². The predicted molar refractivity (Wildman–Crippen MR) is 76.7 cm³/mol. The summed E-state index contributed by atoms with van der Waals surface area (Å²) >= 11 is 5.23. The lowest BCUT2D eigenvalue weighted by atomic mass is 10.2. The SMILES string of the molecule is CCCC(C)NC(=S)Nc1ccc(OC)cc1. The van der Waals surface area contributed by atoms with Crippen LogP contribution >= 0.6 is 12.2 Å². The minimum atomic E-state index is 0.401. The molecule has 0 bridgehead atoms. The maximum absolute atomic E-state index is 5.23. The van der Waals surface area contributed by atoms with E-state index < -0.39 is 0 Å². The van der Waals surface area contributed by atoms with Gasteiger partial charge in [-0.15, -0.1) is 0 Å². The van der Waals surface area contributed by atoms with Crippen molar-refractivity contribution >= 4 is 23.0 Å². The molecule has 94 valence electrons. The molecule has 0 aliphatic carbocycles. The van der Waals surface area contributed by atoms with E-state index in [1.807, 2.05) is 24.3 Å². The summed E-state index contributed by atoms with van der Waals surface area (Å²) in [6, 6.07) is 8.09. The van der Waals surface area contributed by atoms with Crippen molar-refractivity contribution in [3.05, 3.63) is 24.3 Å². The number of hydrogen-bond acceptors (Lipinski definition) is 2. The van der Waals surface area contributed by atoms with E-state index in [0.717, 1.165) is 24.3 Å². The van der Waals surface area contributed by atoms with Crippen LogP contribution in [0, 0.1) is 0 Å². The van der Waals surface area contributed by atoms with Crippen molar-refractivity contribution in [1.82, 2.24) is 5.32 Å². The van der Waals surface area contributed by atoms with Gasteiger partial charge in [-0.3, -0.25) is 0 Å². The minimum Gasteiger partial charge on any atom is -0.497 e. The molecule has 2 N–H and O–H groups in total. The van der Waals surface area contributed by atoms with Crippen LogP contribution in [-0.4, -0.2) is 18.3 Å².